The highest BCUT2D eigenvalue weighted by Gasteiger charge is 2.31. The molecule has 1 heterocycles. The zero-order chi connectivity index (χ0) is 16.8. The Morgan fingerprint density at radius 1 is 1.48 bits per heavy atom. The Kier molecular flexibility index (Phi) is 5.96. The van der Waals surface area contributed by atoms with E-state index in [0.717, 1.165) is 6.42 Å². The third-order valence-electron chi connectivity index (χ3n) is 3.86. The number of benzene rings is 1. The van der Waals surface area contributed by atoms with E-state index in [-0.39, 0.29) is 30.3 Å². The van der Waals surface area contributed by atoms with Gasteiger partial charge in [0, 0.05) is 19.0 Å². The largest absolute Gasteiger partial charge is 0.491 e. The highest BCUT2D eigenvalue weighted by atomic mass is 19.1. The minimum absolute atomic E-state index is 0.0377. The quantitative estimate of drug-likeness (QED) is 0.836. The third-order valence-corrected chi connectivity index (χ3v) is 3.86. The number of hydrogen-bond acceptors (Lipinski definition) is 3. The van der Waals surface area contributed by atoms with Crippen LogP contribution in [0.15, 0.2) is 24.3 Å². The number of nitrogens with one attached hydrogen (secondary N) is 1. The molecule has 0 aliphatic carbocycles. The van der Waals surface area contributed by atoms with Crippen molar-refractivity contribution >= 4 is 11.8 Å². The molecule has 1 aliphatic rings. The third kappa shape index (κ3) is 4.68. The second kappa shape index (κ2) is 7.94. The van der Waals surface area contributed by atoms with Crippen LogP contribution in [0.2, 0.25) is 0 Å². The standard InChI is InChI=1S/C17H23FN2O3/c1-3-15(20-9-5-8-16(20)21)17(22)19-12(2)11-23-14-7-4-6-13(18)10-14/h4,6-7,10,12,15H,3,5,8-9,11H2,1-2H3,(H,19,22)/t12-,15-/m0/s1. The van der Waals surface area contributed by atoms with Crippen molar-refractivity contribution in [2.45, 2.75) is 45.2 Å². The number of amides is 2. The summed E-state index contributed by atoms with van der Waals surface area (Å²) in [5.41, 5.74) is 0. The van der Waals surface area contributed by atoms with Crippen molar-refractivity contribution in [2.24, 2.45) is 0 Å². The van der Waals surface area contributed by atoms with Gasteiger partial charge in [-0.2, -0.15) is 0 Å². The molecule has 2 amide bonds. The lowest BCUT2D eigenvalue weighted by atomic mass is 10.1. The van der Waals surface area contributed by atoms with Crippen LogP contribution in [0.25, 0.3) is 0 Å². The Hall–Kier alpha value is -2.11. The van der Waals surface area contributed by atoms with Crippen LogP contribution >= 0.6 is 0 Å². The number of hydrogen-bond donors (Lipinski definition) is 1. The Morgan fingerprint density at radius 2 is 2.26 bits per heavy atom. The predicted octanol–water partition coefficient (Wildman–Crippen LogP) is 2.11. The second-order valence-electron chi connectivity index (χ2n) is 5.79. The van der Waals surface area contributed by atoms with Gasteiger partial charge >= 0.3 is 0 Å². The molecule has 5 nitrogen and oxygen atoms in total. The molecule has 0 unspecified atom stereocenters. The van der Waals surface area contributed by atoms with Crippen LogP contribution in [-0.4, -0.2) is 41.9 Å². The molecule has 1 N–H and O–H groups in total. The summed E-state index contributed by atoms with van der Waals surface area (Å²) in [6, 6.07) is 5.21. The summed E-state index contributed by atoms with van der Waals surface area (Å²) in [4.78, 5) is 25.8. The molecule has 0 bridgehead atoms. The molecular formula is C17H23FN2O3. The van der Waals surface area contributed by atoms with Gasteiger partial charge in [-0.05, 0) is 31.9 Å². The lowest BCUT2D eigenvalue weighted by Crippen LogP contribution is -2.50. The summed E-state index contributed by atoms with van der Waals surface area (Å²) in [6.45, 7) is 4.58. The summed E-state index contributed by atoms with van der Waals surface area (Å²) in [5.74, 6) is -0.0700. The molecule has 0 saturated carbocycles. The average Bonchev–Trinajstić information content (AvgIpc) is 2.92. The van der Waals surface area contributed by atoms with E-state index in [9.17, 15) is 14.0 Å². The first-order valence-corrected chi connectivity index (χ1v) is 7.99. The van der Waals surface area contributed by atoms with Crippen LogP contribution in [0.3, 0.4) is 0 Å². The van der Waals surface area contributed by atoms with Crippen molar-refractivity contribution in [3.8, 4) is 5.75 Å². The molecule has 2 rings (SSSR count). The molecule has 1 saturated heterocycles. The normalized spacial score (nSPS) is 17.0. The maximum absolute atomic E-state index is 13.1. The first-order valence-electron chi connectivity index (χ1n) is 7.99. The number of halogens is 1. The zero-order valence-electron chi connectivity index (χ0n) is 13.5. The fourth-order valence-corrected chi connectivity index (χ4v) is 2.70. The fraction of sp³-hybridized carbons (Fsp3) is 0.529. The summed E-state index contributed by atoms with van der Waals surface area (Å²) in [6.07, 6.45) is 1.90. The highest BCUT2D eigenvalue weighted by molar-refractivity contribution is 5.88. The SMILES string of the molecule is CC[C@@H](C(=O)N[C@@H](C)COc1cccc(F)c1)N1CCCC1=O. The van der Waals surface area contributed by atoms with E-state index in [4.69, 9.17) is 4.74 Å². The fourth-order valence-electron chi connectivity index (χ4n) is 2.70. The van der Waals surface area contributed by atoms with Crippen molar-refractivity contribution in [3.63, 3.8) is 0 Å². The second-order valence-corrected chi connectivity index (χ2v) is 5.79. The van der Waals surface area contributed by atoms with E-state index in [1.165, 1.54) is 12.1 Å². The first-order chi connectivity index (χ1) is 11.0. The summed E-state index contributed by atoms with van der Waals surface area (Å²) in [5, 5.41) is 2.86. The Labute approximate surface area is 135 Å². The van der Waals surface area contributed by atoms with Gasteiger partial charge in [0.15, 0.2) is 0 Å². The Balaban J connectivity index is 1.84. The molecule has 1 aromatic carbocycles. The van der Waals surface area contributed by atoms with Gasteiger partial charge in [-0.3, -0.25) is 9.59 Å². The Bertz CT molecular complexity index is 565. The van der Waals surface area contributed by atoms with Gasteiger partial charge in [0.25, 0.3) is 0 Å². The molecule has 1 aromatic rings. The van der Waals surface area contributed by atoms with Crippen LogP contribution in [0.5, 0.6) is 5.75 Å². The lowest BCUT2D eigenvalue weighted by Gasteiger charge is -2.27. The molecule has 0 aromatic heterocycles. The molecular weight excluding hydrogens is 299 g/mol. The first kappa shape index (κ1) is 17.2. The number of nitrogens with zero attached hydrogens (tertiary/aromatic N) is 1. The molecule has 1 aliphatic heterocycles. The number of likely N-dealkylation sites (tertiary alicyclic amines) is 1. The van der Waals surface area contributed by atoms with E-state index >= 15 is 0 Å². The lowest BCUT2D eigenvalue weighted by molar-refractivity contribution is -0.137. The summed E-state index contributed by atoms with van der Waals surface area (Å²) < 4.78 is 18.5. The molecule has 6 heteroatoms. The Morgan fingerprint density at radius 3 is 2.87 bits per heavy atom. The van der Waals surface area contributed by atoms with Crippen LogP contribution in [0.4, 0.5) is 4.39 Å². The minimum atomic E-state index is -0.429. The summed E-state index contributed by atoms with van der Waals surface area (Å²) in [7, 11) is 0. The van der Waals surface area contributed by atoms with Crippen molar-refractivity contribution in [2.75, 3.05) is 13.2 Å². The number of carbonyl (C=O) groups is 2. The highest BCUT2D eigenvalue weighted by Crippen LogP contribution is 2.16. The monoisotopic (exact) mass is 322 g/mol. The molecule has 126 valence electrons. The topological polar surface area (TPSA) is 58.6 Å². The van der Waals surface area contributed by atoms with E-state index in [0.29, 0.717) is 25.1 Å². The molecule has 0 radical (unpaired) electrons. The van der Waals surface area contributed by atoms with Gasteiger partial charge in [0.2, 0.25) is 11.8 Å². The number of ether oxygens (including phenoxy) is 1. The smallest absolute Gasteiger partial charge is 0.243 e. The van der Waals surface area contributed by atoms with Crippen molar-refractivity contribution in [1.82, 2.24) is 10.2 Å². The van der Waals surface area contributed by atoms with E-state index in [2.05, 4.69) is 5.32 Å². The molecule has 0 spiro atoms. The number of carbonyl (C=O) groups excluding carboxylic acids is 2. The minimum Gasteiger partial charge on any atom is -0.491 e. The van der Waals surface area contributed by atoms with Crippen LogP contribution in [0.1, 0.15) is 33.1 Å². The maximum Gasteiger partial charge on any atom is 0.243 e. The molecule has 2 atom stereocenters. The van der Waals surface area contributed by atoms with Crippen LogP contribution < -0.4 is 10.1 Å². The van der Waals surface area contributed by atoms with E-state index in [1.807, 2.05) is 13.8 Å². The van der Waals surface area contributed by atoms with Gasteiger partial charge in [0.05, 0.1) is 6.04 Å². The van der Waals surface area contributed by atoms with Crippen molar-refractivity contribution < 1.29 is 18.7 Å². The zero-order valence-corrected chi connectivity index (χ0v) is 13.5. The molecule has 1 fully saturated rings. The van der Waals surface area contributed by atoms with Gasteiger partial charge in [0.1, 0.15) is 24.2 Å². The van der Waals surface area contributed by atoms with Crippen LogP contribution in [-0.2, 0) is 9.59 Å². The maximum atomic E-state index is 13.1. The van der Waals surface area contributed by atoms with Gasteiger partial charge in [-0.15, -0.1) is 0 Å². The van der Waals surface area contributed by atoms with Gasteiger partial charge in [-0.1, -0.05) is 13.0 Å². The summed E-state index contributed by atoms with van der Waals surface area (Å²) >= 11 is 0. The van der Waals surface area contributed by atoms with E-state index in [1.54, 1.807) is 17.0 Å². The van der Waals surface area contributed by atoms with Gasteiger partial charge in [-0.25, -0.2) is 4.39 Å². The van der Waals surface area contributed by atoms with E-state index < -0.39 is 6.04 Å². The predicted molar refractivity (Wildman–Crippen MR) is 84.5 cm³/mol. The van der Waals surface area contributed by atoms with Crippen molar-refractivity contribution in [1.29, 1.82) is 0 Å². The van der Waals surface area contributed by atoms with Gasteiger partial charge < -0.3 is 15.0 Å². The average molecular weight is 322 g/mol. The number of rotatable bonds is 7. The van der Waals surface area contributed by atoms with Crippen LogP contribution in [0, 0.1) is 5.82 Å². The molecule has 23 heavy (non-hydrogen) atoms. The van der Waals surface area contributed by atoms with Crippen molar-refractivity contribution in [3.05, 3.63) is 30.1 Å².